The molecule has 4 aromatic carbocycles. The summed E-state index contributed by atoms with van der Waals surface area (Å²) in [7, 11) is 7.73. The molecule has 3 amide bonds. The smallest absolute Gasteiger partial charge is 0.259 e. The van der Waals surface area contributed by atoms with Crippen LogP contribution in [-0.4, -0.2) is 82.4 Å². The summed E-state index contributed by atoms with van der Waals surface area (Å²) in [6.07, 6.45) is 1.75. The number of phenolic OH excluding ortho intramolecular Hbond substituents is 1. The Bertz CT molecular complexity index is 2170. The molecule has 3 heterocycles. The molecule has 7 rings (SSSR count). The average Bonchev–Trinajstić information content (AvgIpc) is 3.46. The largest absolute Gasteiger partial charge is 0.508 e. The van der Waals surface area contributed by atoms with E-state index in [4.69, 9.17) is 0 Å². The second-order valence-electron chi connectivity index (χ2n) is 14.7. The Kier molecular flexibility index (Phi) is 9.94. The van der Waals surface area contributed by atoms with E-state index in [9.17, 15) is 14.7 Å². The third-order valence-electron chi connectivity index (χ3n) is 10.9. The Morgan fingerprint density at radius 3 is 2.21 bits per heavy atom. The van der Waals surface area contributed by atoms with Crippen molar-refractivity contribution in [2.75, 3.05) is 39.1 Å². The van der Waals surface area contributed by atoms with Crippen LogP contribution in [0.3, 0.4) is 0 Å². The molecule has 1 aromatic heterocycles. The molecule has 0 radical (unpaired) electrons. The maximum Gasteiger partial charge on any atom is 0.259 e. The van der Waals surface area contributed by atoms with Gasteiger partial charge in [0.25, 0.3) is 11.8 Å². The fourth-order valence-electron chi connectivity index (χ4n) is 7.81. The van der Waals surface area contributed by atoms with Gasteiger partial charge in [0.1, 0.15) is 5.75 Å². The van der Waals surface area contributed by atoms with Crippen molar-refractivity contribution >= 4 is 23.4 Å². The van der Waals surface area contributed by atoms with Crippen molar-refractivity contribution in [3.05, 3.63) is 142 Å². The molecule has 2 aliphatic heterocycles. The quantitative estimate of drug-likeness (QED) is 0.206. The zero-order valence-electron chi connectivity index (χ0n) is 31.2. The van der Waals surface area contributed by atoms with Crippen molar-refractivity contribution in [1.29, 1.82) is 0 Å². The highest BCUT2D eigenvalue weighted by atomic mass is 16.3. The molecule has 1 N–H and O–H groups in total. The molecule has 0 spiro atoms. The molecule has 9 nitrogen and oxygen atoms in total. The molecule has 0 fully saturated rings. The van der Waals surface area contributed by atoms with Crippen molar-refractivity contribution in [1.82, 2.24) is 19.3 Å². The van der Waals surface area contributed by atoms with Gasteiger partial charge in [0.15, 0.2) is 0 Å². The van der Waals surface area contributed by atoms with Crippen LogP contribution in [0.4, 0.5) is 5.69 Å². The van der Waals surface area contributed by atoms with Crippen molar-refractivity contribution in [2.24, 2.45) is 7.05 Å². The van der Waals surface area contributed by atoms with E-state index >= 15 is 4.79 Å². The molecule has 5 aromatic rings. The number of anilines is 1. The van der Waals surface area contributed by atoms with Gasteiger partial charge in [-0.2, -0.15) is 0 Å². The number of likely N-dealkylation sites (N-methyl/N-ethyl adjacent to an activating group) is 1. The van der Waals surface area contributed by atoms with Gasteiger partial charge >= 0.3 is 0 Å². The summed E-state index contributed by atoms with van der Waals surface area (Å²) < 4.78 is 2.00. The predicted molar refractivity (Wildman–Crippen MR) is 208 cm³/mol. The van der Waals surface area contributed by atoms with Gasteiger partial charge in [0.2, 0.25) is 5.91 Å². The number of hydrogen-bond acceptors (Lipinski definition) is 5. The number of carbonyl (C=O) groups is 3. The molecule has 0 unspecified atom stereocenters. The van der Waals surface area contributed by atoms with Crippen LogP contribution >= 0.6 is 0 Å². The van der Waals surface area contributed by atoms with Crippen LogP contribution in [0.25, 0.3) is 11.3 Å². The average molecular weight is 710 g/mol. The highest BCUT2D eigenvalue weighted by Gasteiger charge is 2.34. The van der Waals surface area contributed by atoms with Gasteiger partial charge in [0, 0.05) is 74.5 Å². The lowest BCUT2D eigenvalue weighted by atomic mass is 9.89. The zero-order chi connectivity index (χ0) is 37.4. The SMILES string of the molecule is Cc1c(C(=O)N(C)c2ccc(O)cc2)cc(-c2cc3c(cc2C(=O)N2Cc4ccccc4C[C@H]2CN(C)C)CN(C(=O)Cc2ccccc2)CC3)n1C. The van der Waals surface area contributed by atoms with Crippen LogP contribution in [0.15, 0.2) is 97.1 Å². The Morgan fingerprint density at radius 2 is 1.49 bits per heavy atom. The number of benzene rings is 4. The summed E-state index contributed by atoms with van der Waals surface area (Å²) >= 11 is 0. The van der Waals surface area contributed by atoms with E-state index in [1.165, 1.54) is 5.56 Å². The molecule has 0 saturated carbocycles. The number of hydrogen-bond donors (Lipinski definition) is 1. The third-order valence-corrected chi connectivity index (χ3v) is 10.9. The monoisotopic (exact) mass is 709 g/mol. The van der Waals surface area contributed by atoms with Gasteiger partial charge in [0.05, 0.1) is 12.0 Å². The van der Waals surface area contributed by atoms with Crippen molar-refractivity contribution in [2.45, 2.75) is 45.3 Å². The van der Waals surface area contributed by atoms with E-state index in [1.54, 1.807) is 36.2 Å². The number of aromatic nitrogens is 1. The number of aromatic hydroxyl groups is 1. The Balaban J connectivity index is 1.30. The molecule has 1 atom stereocenters. The normalized spacial score (nSPS) is 15.2. The lowest BCUT2D eigenvalue weighted by molar-refractivity contribution is -0.131. The summed E-state index contributed by atoms with van der Waals surface area (Å²) in [5.41, 5.74) is 9.55. The first-order valence-electron chi connectivity index (χ1n) is 18.2. The van der Waals surface area contributed by atoms with E-state index in [-0.39, 0.29) is 29.5 Å². The number of carbonyl (C=O) groups excluding carboxylic acids is 3. The van der Waals surface area contributed by atoms with Crippen LogP contribution in [0.5, 0.6) is 5.75 Å². The van der Waals surface area contributed by atoms with Gasteiger partial charge in [-0.3, -0.25) is 14.4 Å². The molecule has 0 aliphatic carbocycles. The van der Waals surface area contributed by atoms with Crippen LogP contribution in [-0.2, 0) is 44.2 Å². The number of phenols is 1. The van der Waals surface area contributed by atoms with E-state index in [0.29, 0.717) is 55.8 Å². The summed E-state index contributed by atoms with van der Waals surface area (Å²) in [6, 6.07) is 30.7. The van der Waals surface area contributed by atoms with Gasteiger partial charge in [-0.25, -0.2) is 0 Å². The number of rotatable bonds is 8. The first-order chi connectivity index (χ1) is 25.5. The fraction of sp³-hybridized carbons (Fsp3) is 0.295. The second kappa shape index (κ2) is 14.8. The molecule has 272 valence electrons. The maximum absolute atomic E-state index is 15.1. The lowest BCUT2D eigenvalue weighted by Crippen LogP contribution is -2.49. The van der Waals surface area contributed by atoms with Crippen molar-refractivity contribution in [3.63, 3.8) is 0 Å². The summed E-state index contributed by atoms with van der Waals surface area (Å²) in [6.45, 7) is 4.16. The van der Waals surface area contributed by atoms with Gasteiger partial charge < -0.3 is 29.3 Å². The van der Waals surface area contributed by atoms with E-state index in [0.717, 1.165) is 45.6 Å². The Labute approximate surface area is 311 Å². The standard InChI is InChI=1S/C44H47N5O4/c1-29-38(43(52)47(5)35-15-17-37(50)18-16-35)25-41(46(29)4)39-23-32-19-20-48(42(51)21-30-11-7-6-8-12-30)26-34(32)24-40(39)44(53)49-27-33-14-10-9-13-31(33)22-36(49)28-45(2)3/h6-18,23-25,36,50H,19-22,26-28H2,1-5H3/t36-/m0/s1. The first-order valence-corrected chi connectivity index (χ1v) is 18.2. The predicted octanol–water partition coefficient (Wildman–Crippen LogP) is 6.24. The van der Waals surface area contributed by atoms with Gasteiger partial charge in [-0.05, 0) is 104 Å². The van der Waals surface area contributed by atoms with Crippen molar-refractivity contribution < 1.29 is 19.5 Å². The maximum atomic E-state index is 15.1. The van der Waals surface area contributed by atoms with Crippen LogP contribution in [0.1, 0.15) is 54.2 Å². The minimum Gasteiger partial charge on any atom is -0.508 e. The molecule has 2 aliphatic rings. The Morgan fingerprint density at radius 1 is 0.792 bits per heavy atom. The van der Waals surface area contributed by atoms with Gasteiger partial charge in [-0.15, -0.1) is 0 Å². The Hall–Kier alpha value is -5.67. The molecular weight excluding hydrogens is 663 g/mol. The van der Waals surface area contributed by atoms with Crippen molar-refractivity contribution in [3.8, 4) is 17.0 Å². The van der Waals surface area contributed by atoms with Crippen LogP contribution < -0.4 is 4.90 Å². The van der Waals surface area contributed by atoms with E-state index in [2.05, 4.69) is 29.2 Å². The minimum atomic E-state index is -0.188. The zero-order valence-corrected chi connectivity index (χ0v) is 31.2. The van der Waals surface area contributed by atoms with Gasteiger partial charge in [-0.1, -0.05) is 54.6 Å². The molecule has 53 heavy (non-hydrogen) atoms. The minimum absolute atomic E-state index is 0.0357. The van der Waals surface area contributed by atoms with Crippen LogP contribution in [0.2, 0.25) is 0 Å². The second-order valence-corrected chi connectivity index (χ2v) is 14.7. The van der Waals surface area contributed by atoms with E-state index < -0.39 is 0 Å². The summed E-state index contributed by atoms with van der Waals surface area (Å²) in [4.78, 5) is 50.2. The number of amides is 3. The number of fused-ring (bicyclic) bond motifs is 2. The molecule has 0 bridgehead atoms. The number of nitrogens with zero attached hydrogens (tertiary/aromatic N) is 5. The summed E-state index contributed by atoms with van der Waals surface area (Å²) in [5, 5.41) is 9.80. The highest BCUT2D eigenvalue weighted by Crippen LogP contribution is 2.36. The topological polar surface area (TPSA) is 89.3 Å². The first kappa shape index (κ1) is 35.7. The van der Waals surface area contributed by atoms with Crippen LogP contribution in [0, 0.1) is 6.92 Å². The fourth-order valence-corrected chi connectivity index (χ4v) is 7.81. The summed E-state index contributed by atoms with van der Waals surface area (Å²) in [5.74, 6) is -0.0560. The van der Waals surface area contributed by atoms with E-state index in [1.807, 2.05) is 91.0 Å². The highest BCUT2D eigenvalue weighted by molar-refractivity contribution is 6.08. The lowest BCUT2D eigenvalue weighted by Gasteiger charge is -2.39. The molecular formula is C44H47N5O4. The molecule has 0 saturated heterocycles. The third kappa shape index (κ3) is 7.22. The molecule has 9 heteroatoms.